The summed E-state index contributed by atoms with van der Waals surface area (Å²) in [6.07, 6.45) is -0.165. The monoisotopic (exact) mass is 300 g/mol. The number of amidine groups is 1. The van der Waals surface area contributed by atoms with Crippen LogP contribution in [0.3, 0.4) is 0 Å². The first-order valence-electron chi connectivity index (χ1n) is 6.69. The fourth-order valence-corrected chi connectivity index (χ4v) is 1.85. The van der Waals surface area contributed by atoms with Crippen LogP contribution in [0.25, 0.3) is 10.8 Å². The standard InChI is InChI=1S/C16H16N2O4/c1-21-14(19)8-9-15(20)22-18-16(17)13-7-6-11-4-2-3-5-12(11)10-13/h2-7,10H,8-9H2,1H3,(H2,17,18). The normalized spacial score (nSPS) is 11.2. The number of nitrogens with two attached hydrogens (primary N) is 1. The number of carbonyl (C=O) groups is 2. The number of hydrogen-bond donors (Lipinski definition) is 1. The van der Waals surface area contributed by atoms with E-state index in [0.29, 0.717) is 5.56 Å². The molecule has 6 heteroatoms. The highest BCUT2D eigenvalue weighted by molar-refractivity contribution is 6.01. The summed E-state index contributed by atoms with van der Waals surface area (Å²) in [5, 5.41) is 5.68. The van der Waals surface area contributed by atoms with Crippen LogP contribution in [0.15, 0.2) is 47.6 Å². The van der Waals surface area contributed by atoms with Gasteiger partial charge in [0.05, 0.1) is 20.0 Å². The number of methoxy groups -OCH3 is 1. The molecule has 0 saturated heterocycles. The molecule has 2 N–H and O–H groups in total. The van der Waals surface area contributed by atoms with Crippen molar-refractivity contribution in [1.82, 2.24) is 0 Å². The molecule has 6 nitrogen and oxygen atoms in total. The van der Waals surface area contributed by atoms with Crippen molar-refractivity contribution in [2.45, 2.75) is 12.8 Å². The van der Waals surface area contributed by atoms with Crippen molar-refractivity contribution in [3.05, 3.63) is 48.0 Å². The van der Waals surface area contributed by atoms with Crippen molar-refractivity contribution in [3.63, 3.8) is 0 Å². The van der Waals surface area contributed by atoms with Gasteiger partial charge in [-0.05, 0) is 16.8 Å². The lowest BCUT2D eigenvalue weighted by Gasteiger charge is -2.03. The highest BCUT2D eigenvalue weighted by Gasteiger charge is 2.09. The number of ether oxygens (including phenoxy) is 1. The molecule has 0 saturated carbocycles. The third kappa shape index (κ3) is 4.05. The van der Waals surface area contributed by atoms with Crippen LogP contribution in [0.1, 0.15) is 18.4 Å². The summed E-state index contributed by atoms with van der Waals surface area (Å²) >= 11 is 0. The molecule has 0 atom stereocenters. The minimum absolute atomic E-state index is 0.0548. The molecule has 0 bridgehead atoms. The first-order chi connectivity index (χ1) is 10.6. The van der Waals surface area contributed by atoms with Crippen molar-refractivity contribution in [1.29, 1.82) is 0 Å². The van der Waals surface area contributed by atoms with Gasteiger partial charge >= 0.3 is 11.9 Å². The van der Waals surface area contributed by atoms with E-state index in [4.69, 9.17) is 5.73 Å². The van der Waals surface area contributed by atoms with Crippen molar-refractivity contribution in [2.24, 2.45) is 10.9 Å². The zero-order valence-electron chi connectivity index (χ0n) is 12.1. The second-order valence-corrected chi connectivity index (χ2v) is 4.58. The second kappa shape index (κ2) is 7.21. The van der Waals surface area contributed by atoms with Gasteiger partial charge in [-0.3, -0.25) is 4.79 Å². The number of oxime groups is 1. The van der Waals surface area contributed by atoms with E-state index in [9.17, 15) is 9.59 Å². The van der Waals surface area contributed by atoms with E-state index in [2.05, 4.69) is 14.7 Å². The van der Waals surface area contributed by atoms with Gasteiger partial charge in [-0.1, -0.05) is 41.6 Å². The predicted octanol–water partition coefficient (Wildman–Crippen LogP) is 1.96. The van der Waals surface area contributed by atoms with Gasteiger partial charge in [0, 0.05) is 5.56 Å². The highest BCUT2D eigenvalue weighted by Crippen LogP contribution is 2.15. The lowest BCUT2D eigenvalue weighted by atomic mass is 10.1. The van der Waals surface area contributed by atoms with Crippen LogP contribution >= 0.6 is 0 Å². The van der Waals surface area contributed by atoms with Crippen LogP contribution < -0.4 is 5.73 Å². The van der Waals surface area contributed by atoms with Crippen molar-refractivity contribution < 1.29 is 19.2 Å². The average Bonchev–Trinajstić information content (AvgIpc) is 2.56. The number of hydrogen-bond acceptors (Lipinski definition) is 5. The minimum Gasteiger partial charge on any atom is -0.469 e. The summed E-state index contributed by atoms with van der Waals surface area (Å²) in [6.45, 7) is 0. The molecule has 0 spiro atoms. The zero-order valence-corrected chi connectivity index (χ0v) is 12.1. The van der Waals surface area contributed by atoms with Crippen LogP contribution in [0.2, 0.25) is 0 Å². The van der Waals surface area contributed by atoms with Crippen LogP contribution in [0.5, 0.6) is 0 Å². The van der Waals surface area contributed by atoms with E-state index >= 15 is 0 Å². The molecular formula is C16H16N2O4. The molecule has 0 aliphatic heterocycles. The predicted molar refractivity (Wildman–Crippen MR) is 82.0 cm³/mol. The molecule has 0 aliphatic carbocycles. The van der Waals surface area contributed by atoms with Crippen LogP contribution in [-0.4, -0.2) is 24.9 Å². The van der Waals surface area contributed by atoms with Gasteiger partial charge in [-0.25, -0.2) is 4.79 Å². The molecule has 0 aromatic heterocycles. The Kier molecular flexibility index (Phi) is 5.08. The van der Waals surface area contributed by atoms with Gasteiger partial charge in [0.2, 0.25) is 0 Å². The summed E-state index contributed by atoms with van der Waals surface area (Å²) in [4.78, 5) is 27.0. The molecule has 2 aromatic rings. The highest BCUT2D eigenvalue weighted by atomic mass is 16.7. The summed E-state index contributed by atoms with van der Waals surface area (Å²) in [5.74, 6) is -1.03. The molecule has 2 rings (SSSR count). The SMILES string of the molecule is COC(=O)CCC(=O)O/N=C(\N)c1ccc2ccccc2c1. The quantitative estimate of drug-likeness (QED) is 0.300. The smallest absolute Gasteiger partial charge is 0.335 e. The second-order valence-electron chi connectivity index (χ2n) is 4.58. The molecule has 114 valence electrons. The average molecular weight is 300 g/mol. The number of benzene rings is 2. The van der Waals surface area contributed by atoms with Gasteiger partial charge in [-0.2, -0.15) is 0 Å². The number of nitrogens with zero attached hydrogens (tertiary/aromatic N) is 1. The maximum Gasteiger partial charge on any atom is 0.335 e. The summed E-state index contributed by atoms with van der Waals surface area (Å²) in [7, 11) is 1.25. The fourth-order valence-electron chi connectivity index (χ4n) is 1.85. The number of carbonyl (C=O) groups excluding carboxylic acids is 2. The zero-order chi connectivity index (χ0) is 15.9. The molecule has 0 unspecified atom stereocenters. The third-order valence-corrected chi connectivity index (χ3v) is 3.05. The Hall–Kier alpha value is -2.89. The van der Waals surface area contributed by atoms with E-state index in [1.54, 1.807) is 6.07 Å². The van der Waals surface area contributed by atoms with E-state index < -0.39 is 11.9 Å². The van der Waals surface area contributed by atoms with Gasteiger partial charge < -0.3 is 15.3 Å². The van der Waals surface area contributed by atoms with Gasteiger partial charge in [0.15, 0.2) is 5.84 Å². The van der Waals surface area contributed by atoms with Gasteiger partial charge in [0.25, 0.3) is 0 Å². The molecule has 0 radical (unpaired) electrons. The fraction of sp³-hybridized carbons (Fsp3) is 0.188. The summed E-state index contributed by atoms with van der Waals surface area (Å²) in [6, 6.07) is 13.4. The van der Waals surface area contributed by atoms with E-state index in [1.165, 1.54) is 7.11 Å². The Morgan fingerprint density at radius 3 is 2.45 bits per heavy atom. The molecule has 0 fully saturated rings. The van der Waals surface area contributed by atoms with Crippen LogP contribution in [0, 0.1) is 0 Å². The van der Waals surface area contributed by atoms with Crippen LogP contribution in [0.4, 0.5) is 0 Å². The molecule has 0 heterocycles. The van der Waals surface area contributed by atoms with Crippen molar-refractivity contribution >= 4 is 28.5 Å². The maximum atomic E-state index is 11.4. The number of rotatable bonds is 5. The first-order valence-corrected chi connectivity index (χ1v) is 6.69. The van der Waals surface area contributed by atoms with Gasteiger partial charge in [-0.15, -0.1) is 0 Å². The minimum atomic E-state index is -0.644. The Bertz CT molecular complexity index is 725. The van der Waals surface area contributed by atoms with E-state index in [-0.39, 0.29) is 18.7 Å². The molecule has 2 aromatic carbocycles. The number of esters is 1. The van der Waals surface area contributed by atoms with E-state index in [0.717, 1.165) is 10.8 Å². The van der Waals surface area contributed by atoms with Gasteiger partial charge in [0.1, 0.15) is 0 Å². The Balaban J connectivity index is 2.01. The Labute approximate surface area is 127 Å². The molecule has 0 amide bonds. The lowest BCUT2D eigenvalue weighted by molar-refractivity contribution is -0.148. The van der Waals surface area contributed by atoms with Crippen LogP contribution in [-0.2, 0) is 19.2 Å². The lowest BCUT2D eigenvalue weighted by Crippen LogP contribution is -2.15. The number of fused-ring (bicyclic) bond motifs is 1. The topological polar surface area (TPSA) is 91.0 Å². The Morgan fingerprint density at radius 2 is 1.73 bits per heavy atom. The van der Waals surface area contributed by atoms with E-state index in [1.807, 2.05) is 36.4 Å². The Morgan fingerprint density at radius 1 is 1.05 bits per heavy atom. The molecule has 22 heavy (non-hydrogen) atoms. The summed E-state index contributed by atoms with van der Waals surface area (Å²) < 4.78 is 4.43. The van der Waals surface area contributed by atoms with Crippen molar-refractivity contribution in [2.75, 3.05) is 7.11 Å². The van der Waals surface area contributed by atoms with Crippen molar-refractivity contribution in [3.8, 4) is 0 Å². The molecule has 0 aliphatic rings. The third-order valence-electron chi connectivity index (χ3n) is 3.05. The molecular weight excluding hydrogens is 284 g/mol. The first kappa shape index (κ1) is 15.5. The maximum absolute atomic E-state index is 11.4. The summed E-state index contributed by atoms with van der Waals surface area (Å²) in [5.41, 5.74) is 6.45. The largest absolute Gasteiger partial charge is 0.469 e.